The summed E-state index contributed by atoms with van der Waals surface area (Å²) in [6, 6.07) is 3.58. The van der Waals surface area contributed by atoms with Gasteiger partial charge in [0.1, 0.15) is 5.75 Å². The third kappa shape index (κ3) is 3.06. The molecule has 0 bridgehead atoms. The van der Waals surface area contributed by atoms with Crippen molar-refractivity contribution in [2.45, 2.75) is 20.8 Å². The molecule has 100 valence electrons. The molecule has 1 rings (SSSR count). The number of nitrogens with one attached hydrogen (secondary N) is 1. The Hall–Kier alpha value is -1.91. The average Bonchev–Trinajstić information content (AvgIpc) is 2.33. The lowest BCUT2D eigenvalue weighted by atomic mass is 10.2. The zero-order valence-electron chi connectivity index (χ0n) is 11.4. The fourth-order valence-corrected chi connectivity index (χ4v) is 1.86. The van der Waals surface area contributed by atoms with Crippen LogP contribution in [-0.4, -0.2) is 26.1 Å². The maximum Gasteiger partial charge on any atom is 0.221 e. The summed E-state index contributed by atoms with van der Waals surface area (Å²) in [5.74, 6) is 0.572. The summed E-state index contributed by atoms with van der Waals surface area (Å²) in [5.41, 5.74) is 7.93. The molecule has 0 aromatic heterocycles. The number of nitrogen functional groups attached to an aromatic ring is 1. The fourth-order valence-electron chi connectivity index (χ4n) is 1.86. The van der Waals surface area contributed by atoms with E-state index in [4.69, 9.17) is 10.5 Å². The zero-order chi connectivity index (χ0) is 13.7. The van der Waals surface area contributed by atoms with E-state index < -0.39 is 0 Å². The first-order chi connectivity index (χ1) is 8.53. The van der Waals surface area contributed by atoms with Crippen molar-refractivity contribution in [2.75, 3.05) is 36.1 Å². The molecule has 0 aliphatic carbocycles. The Bertz CT molecular complexity index is 428. The second kappa shape index (κ2) is 6.14. The summed E-state index contributed by atoms with van der Waals surface area (Å²) in [5, 5.41) is 2.72. The van der Waals surface area contributed by atoms with Crippen LogP contribution in [0.3, 0.4) is 0 Å². The summed E-state index contributed by atoms with van der Waals surface area (Å²) >= 11 is 0. The van der Waals surface area contributed by atoms with Crippen LogP contribution in [0.2, 0.25) is 0 Å². The topological polar surface area (TPSA) is 67.6 Å². The van der Waals surface area contributed by atoms with Crippen LogP contribution in [0.1, 0.15) is 20.8 Å². The van der Waals surface area contributed by atoms with E-state index in [9.17, 15) is 4.79 Å². The van der Waals surface area contributed by atoms with Crippen molar-refractivity contribution in [3.8, 4) is 5.75 Å². The smallest absolute Gasteiger partial charge is 0.221 e. The number of nitrogens with two attached hydrogens (primary N) is 1. The van der Waals surface area contributed by atoms with Gasteiger partial charge in [0.2, 0.25) is 5.91 Å². The summed E-state index contributed by atoms with van der Waals surface area (Å²) in [7, 11) is 1.61. The third-order valence-electron chi connectivity index (χ3n) is 2.77. The second-order valence-electron chi connectivity index (χ2n) is 3.96. The molecule has 0 heterocycles. The zero-order valence-corrected chi connectivity index (χ0v) is 11.4. The van der Waals surface area contributed by atoms with Crippen molar-refractivity contribution in [2.24, 2.45) is 0 Å². The van der Waals surface area contributed by atoms with Crippen molar-refractivity contribution in [3.63, 3.8) is 0 Å². The molecule has 0 fully saturated rings. The van der Waals surface area contributed by atoms with E-state index in [1.54, 1.807) is 13.2 Å². The molecule has 1 amide bonds. The van der Waals surface area contributed by atoms with Crippen LogP contribution in [0, 0.1) is 0 Å². The van der Waals surface area contributed by atoms with Gasteiger partial charge in [-0.1, -0.05) is 0 Å². The predicted molar refractivity (Wildman–Crippen MR) is 75.3 cm³/mol. The number of benzene rings is 1. The molecular formula is C13H21N3O2. The molecule has 0 radical (unpaired) electrons. The number of methoxy groups -OCH3 is 1. The number of rotatable bonds is 5. The van der Waals surface area contributed by atoms with E-state index in [2.05, 4.69) is 24.1 Å². The Balaban J connectivity index is 3.24. The van der Waals surface area contributed by atoms with Crippen LogP contribution in [0.25, 0.3) is 0 Å². The van der Waals surface area contributed by atoms with Gasteiger partial charge in [-0.3, -0.25) is 4.79 Å². The average molecular weight is 251 g/mol. The Morgan fingerprint density at radius 3 is 2.44 bits per heavy atom. The molecule has 0 saturated carbocycles. The minimum Gasteiger partial charge on any atom is -0.495 e. The van der Waals surface area contributed by atoms with Crippen LogP contribution in [0.4, 0.5) is 17.1 Å². The van der Waals surface area contributed by atoms with Crippen LogP contribution < -0.4 is 20.7 Å². The van der Waals surface area contributed by atoms with E-state index in [-0.39, 0.29) is 5.91 Å². The largest absolute Gasteiger partial charge is 0.495 e. The van der Waals surface area contributed by atoms with E-state index in [0.29, 0.717) is 17.1 Å². The van der Waals surface area contributed by atoms with Gasteiger partial charge in [-0.15, -0.1) is 0 Å². The van der Waals surface area contributed by atoms with Crippen molar-refractivity contribution >= 4 is 23.0 Å². The highest BCUT2D eigenvalue weighted by molar-refractivity contribution is 5.94. The number of carbonyl (C=O) groups excluding carboxylic acids is 1. The second-order valence-corrected chi connectivity index (χ2v) is 3.96. The van der Waals surface area contributed by atoms with Gasteiger partial charge in [0, 0.05) is 26.1 Å². The van der Waals surface area contributed by atoms with E-state index in [0.717, 1.165) is 18.8 Å². The highest BCUT2D eigenvalue weighted by Gasteiger charge is 2.13. The molecule has 1 aromatic rings. The first-order valence-electron chi connectivity index (χ1n) is 6.03. The molecule has 5 heteroatoms. The minimum absolute atomic E-state index is 0.141. The van der Waals surface area contributed by atoms with Gasteiger partial charge in [0.25, 0.3) is 0 Å². The molecule has 0 unspecified atom stereocenters. The summed E-state index contributed by atoms with van der Waals surface area (Å²) in [4.78, 5) is 13.3. The lowest BCUT2D eigenvalue weighted by Crippen LogP contribution is -2.23. The maximum atomic E-state index is 11.1. The molecule has 3 N–H and O–H groups in total. The van der Waals surface area contributed by atoms with Crippen LogP contribution in [0.5, 0.6) is 5.75 Å². The van der Waals surface area contributed by atoms with Crippen molar-refractivity contribution in [1.29, 1.82) is 0 Å². The standard InChI is InChI=1S/C13H21N3O2/c1-5-16(6-2)12-8-11(15-9(3)17)10(14)7-13(12)18-4/h7-8H,5-6,14H2,1-4H3,(H,15,17). The van der Waals surface area contributed by atoms with Crippen molar-refractivity contribution in [1.82, 2.24) is 0 Å². The first kappa shape index (κ1) is 14.2. The van der Waals surface area contributed by atoms with E-state index >= 15 is 0 Å². The normalized spacial score (nSPS) is 10.0. The molecule has 0 spiro atoms. The monoisotopic (exact) mass is 251 g/mol. The van der Waals surface area contributed by atoms with Gasteiger partial charge in [0.15, 0.2) is 0 Å². The van der Waals surface area contributed by atoms with Gasteiger partial charge in [0.05, 0.1) is 24.2 Å². The molecule has 0 aliphatic rings. The number of hydrogen-bond acceptors (Lipinski definition) is 4. The van der Waals surface area contributed by atoms with Gasteiger partial charge < -0.3 is 20.7 Å². The Morgan fingerprint density at radius 2 is 2.00 bits per heavy atom. The molecule has 5 nitrogen and oxygen atoms in total. The molecule has 0 saturated heterocycles. The maximum absolute atomic E-state index is 11.1. The van der Waals surface area contributed by atoms with Crippen molar-refractivity contribution in [3.05, 3.63) is 12.1 Å². The number of amides is 1. The minimum atomic E-state index is -0.141. The summed E-state index contributed by atoms with van der Waals surface area (Å²) in [6.45, 7) is 7.31. The van der Waals surface area contributed by atoms with Crippen LogP contribution in [-0.2, 0) is 4.79 Å². The van der Waals surface area contributed by atoms with Crippen molar-refractivity contribution < 1.29 is 9.53 Å². The van der Waals surface area contributed by atoms with E-state index in [1.165, 1.54) is 6.92 Å². The van der Waals surface area contributed by atoms with Gasteiger partial charge in [-0.2, -0.15) is 0 Å². The van der Waals surface area contributed by atoms with Gasteiger partial charge in [-0.05, 0) is 19.9 Å². The number of anilines is 3. The number of hydrogen-bond donors (Lipinski definition) is 2. The third-order valence-corrected chi connectivity index (χ3v) is 2.77. The molecule has 18 heavy (non-hydrogen) atoms. The SMILES string of the molecule is CCN(CC)c1cc(NC(C)=O)c(N)cc1OC. The number of ether oxygens (including phenoxy) is 1. The van der Waals surface area contributed by atoms with E-state index in [1.807, 2.05) is 6.07 Å². The molecule has 0 aliphatic heterocycles. The first-order valence-corrected chi connectivity index (χ1v) is 6.03. The highest BCUT2D eigenvalue weighted by atomic mass is 16.5. The highest BCUT2D eigenvalue weighted by Crippen LogP contribution is 2.35. The Kier molecular flexibility index (Phi) is 4.83. The van der Waals surface area contributed by atoms with Crippen LogP contribution in [0.15, 0.2) is 12.1 Å². The molecular weight excluding hydrogens is 230 g/mol. The lowest BCUT2D eigenvalue weighted by molar-refractivity contribution is -0.114. The van der Waals surface area contributed by atoms with Crippen LogP contribution >= 0.6 is 0 Å². The summed E-state index contributed by atoms with van der Waals surface area (Å²) < 4.78 is 5.34. The van der Waals surface area contributed by atoms with Gasteiger partial charge >= 0.3 is 0 Å². The van der Waals surface area contributed by atoms with Gasteiger partial charge in [-0.25, -0.2) is 0 Å². The molecule has 0 atom stereocenters. The number of nitrogens with zero attached hydrogens (tertiary/aromatic N) is 1. The fraction of sp³-hybridized carbons (Fsp3) is 0.462. The summed E-state index contributed by atoms with van der Waals surface area (Å²) in [6.07, 6.45) is 0. The number of carbonyl (C=O) groups is 1. The Morgan fingerprint density at radius 1 is 1.39 bits per heavy atom. The lowest BCUT2D eigenvalue weighted by Gasteiger charge is -2.24. The molecule has 1 aromatic carbocycles. The quantitative estimate of drug-likeness (QED) is 0.786. The Labute approximate surface area is 108 Å². The predicted octanol–water partition coefficient (Wildman–Crippen LogP) is 2.08.